The Morgan fingerprint density at radius 2 is 1.92 bits per heavy atom. The lowest BCUT2D eigenvalue weighted by atomic mass is 9.77. The van der Waals surface area contributed by atoms with Crippen molar-refractivity contribution in [3.8, 4) is 5.75 Å². The topological polar surface area (TPSA) is 110 Å². The molecule has 3 aliphatic rings. The number of benzene rings is 1. The molecule has 2 aromatic rings. The minimum atomic E-state index is -0.420. The molecule has 38 heavy (non-hydrogen) atoms. The summed E-state index contributed by atoms with van der Waals surface area (Å²) in [5.74, 6) is -0.123. The highest BCUT2D eigenvalue weighted by atomic mass is 35.5. The summed E-state index contributed by atoms with van der Waals surface area (Å²) in [4.78, 5) is 43.3. The lowest BCUT2D eigenvalue weighted by Gasteiger charge is -2.43. The van der Waals surface area contributed by atoms with Crippen molar-refractivity contribution < 1.29 is 19.1 Å². The lowest BCUT2D eigenvalue weighted by molar-refractivity contribution is -0.147. The number of hydrogen-bond donors (Lipinski definition) is 1. The number of hydrogen-bond acceptors (Lipinski definition) is 6. The summed E-state index contributed by atoms with van der Waals surface area (Å²) in [5, 5.41) is 11.5. The van der Waals surface area contributed by atoms with Gasteiger partial charge in [0, 0.05) is 62.6 Å². The van der Waals surface area contributed by atoms with Gasteiger partial charge in [-0.25, -0.2) is 0 Å². The molecule has 1 aliphatic carbocycles. The summed E-state index contributed by atoms with van der Waals surface area (Å²) in [5.41, 5.74) is 2.46. The number of rotatable bonds is 7. The van der Waals surface area contributed by atoms with Gasteiger partial charge in [-0.1, -0.05) is 29.7 Å². The molecule has 2 unspecified atom stereocenters. The average molecular weight is 543 g/mol. The van der Waals surface area contributed by atoms with E-state index in [1.807, 2.05) is 21.9 Å². The Labute approximate surface area is 227 Å². The molecule has 11 heteroatoms. The molecule has 3 atom stereocenters. The number of nitrogens with zero attached hydrogens (tertiary/aromatic N) is 5. The van der Waals surface area contributed by atoms with Crippen molar-refractivity contribution in [1.29, 1.82) is 0 Å². The Hall–Kier alpha value is -3.14. The number of likely N-dealkylation sites (tertiary alicyclic amines) is 1. The third-order valence-corrected chi connectivity index (χ3v) is 8.47. The van der Waals surface area contributed by atoms with Crippen LogP contribution in [0, 0.1) is 11.8 Å². The highest BCUT2D eigenvalue weighted by Crippen LogP contribution is 2.43. The number of fused-ring (bicyclic) bond motifs is 1. The first-order valence-corrected chi connectivity index (χ1v) is 13.8. The average Bonchev–Trinajstić information content (AvgIpc) is 3.54. The Balaban J connectivity index is 1.51. The third-order valence-electron chi connectivity index (χ3n) is 8.11. The maximum Gasteiger partial charge on any atom is 0.227 e. The van der Waals surface area contributed by atoms with E-state index >= 15 is 0 Å². The van der Waals surface area contributed by atoms with Crippen LogP contribution in [0.4, 0.5) is 0 Å². The van der Waals surface area contributed by atoms with Gasteiger partial charge in [0.2, 0.25) is 17.7 Å². The van der Waals surface area contributed by atoms with E-state index in [1.54, 1.807) is 25.0 Å². The quantitative estimate of drug-likeness (QED) is 0.576. The van der Waals surface area contributed by atoms with Crippen LogP contribution in [0.3, 0.4) is 0 Å². The van der Waals surface area contributed by atoms with Crippen molar-refractivity contribution in [2.24, 2.45) is 18.9 Å². The Bertz CT molecular complexity index is 1220. The van der Waals surface area contributed by atoms with E-state index in [9.17, 15) is 14.4 Å². The predicted molar refractivity (Wildman–Crippen MR) is 140 cm³/mol. The SMILES string of the molecule is CNC(=O)C1CCCCC1C(=O)N1CCc2c(Cl)ccc(OCc3cn(C)nn3)c2[C@H]1CN1CCCC1=O. The molecule has 0 spiro atoms. The van der Waals surface area contributed by atoms with Crippen LogP contribution in [0.1, 0.15) is 61.4 Å². The number of carbonyl (C=O) groups is 3. The maximum absolute atomic E-state index is 14.2. The molecular weight excluding hydrogens is 508 g/mol. The van der Waals surface area contributed by atoms with E-state index < -0.39 is 6.04 Å². The van der Waals surface area contributed by atoms with Crippen LogP contribution in [0.2, 0.25) is 5.02 Å². The van der Waals surface area contributed by atoms with E-state index in [-0.39, 0.29) is 36.2 Å². The molecule has 5 rings (SSSR count). The molecule has 204 valence electrons. The number of amides is 3. The summed E-state index contributed by atoms with van der Waals surface area (Å²) in [6.07, 6.45) is 6.92. The monoisotopic (exact) mass is 542 g/mol. The molecule has 2 fully saturated rings. The lowest BCUT2D eigenvalue weighted by Crippen LogP contribution is -2.50. The number of nitrogens with one attached hydrogen (secondary N) is 1. The molecule has 10 nitrogen and oxygen atoms in total. The van der Waals surface area contributed by atoms with Crippen molar-refractivity contribution in [3.63, 3.8) is 0 Å². The first kappa shape index (κ1) is 26.5. The molecular formula is C27H35ClN6O4. The molecule has 1 N–H and O–H groups in total. The van der Waals surface area contributed by atoms with Crippen molar-refractivity contribution in [3.05, 3.63) is 40.2 Å². The molecule has 2 aliphatic heterocycles. The second kappa shape index (κ2) is 11.3. The van der Waals surface area contributed by atoms with Crippen molar-refractivity contribution in [1.82, 2.24) is 30.1 Å². The highest BCUT2D eigenvalue weighted by Gasteiger charge is 2.43. The molecule has 3 amide bonds. The summed E-state index contributed by atoms with van der Waals surface area (Å²) in [7, 11) is 3.42. The molecule has 1 saturated heterocycles. The first-order chi connectivity index (χ1) is 18.4. The molecule has 1 aromatic heterocycles. The second-order valence-electron chi connectivity index (χ2n) is 10.5. The van der Waals surface area contributed by atoms with E-state index in [0.717, 1.165) is 30.4 Å². The van der Waals surface area contributed by atoms with Crippen LogP contribution < -0.4 is 10.1 Å². The Morgan fingerprint density at radius 1 is 1.13 bits per heavy atom. The van der Waals surface area contributed by atoms with Gasteiger partial charge in [0.25, 0.3) is 0 Å². The van der Waals surface area contributed by atoms with Crippen LogP contribution in [0.5, 0.6) is 5.75 Å². The molecule has 3 heterocycles. The van der Waals surface area contributed by atoms with Gasteiger partial charge in [-0.15, -0.1) is 5.10 Å². The number of ether oxygens (including phenoxy) is 1. The van der Waals surface area contributed by atoms with Gasteiger partial charge >= 0.3 is 0 Å². The Morgan fingerprint density at radius 3 is 2.61 bits per heavy atom. The molecule has 1 aromatic carbocycles. The number of halogens is 1. The fourth-order valence-electron chi connectivity index (χ4n) is 6.22. The molecule has 0 bridgehead atoms. The zero-order valence-electron chi connectivity index (χ0n) is 22.0. The van der Waals surface area contributed by atoms with Crippen LogP contribution >= 0.6 is 11.6 Å². The third kappa shape index (κ3) is 5.23. The van der Waals surface area contributed by atoms with Crippen LogP contribution in [0.15, 0.2) is 18.3 Å². The van der Waals surface area contributed by atoms with Crippen LogP contribution in [0.25, 0.3) is 0 Å². The summed E-state index contributed by atoms with van der Waals surface area (Å²) < 4.78 is 7.87. The van der Waals surface area contributed by atoms with E-state index in [4.69, 9.17) is 16.3 Å². The summed E-state index contributed by atoms with van der Waals surface area (Å²) in [6, 6.07) is 3.24. The van der Waals surface area contributed by atoms with Gasteiger partial charge in [0.05, 0.1) is 12.2 Å². The first-order valence-electron chi connectivity index (χ1n) is 13.5. The van der Waals surface area contributed by atoms with Crippen LogP contribution in [-0.2, 0) is 34.5 Å². The fourth-order valence-corrected chi connectivity index (χ4v) is 6.48. The van der Waals surface area contributed by atoms with Crippen molar-refractivity contribution in [2.75, 3.05) is 26.7 Å². The van der Waals surface area contributed by atoms with Gasteiger partial charge in [0.15, 0.2) is 0 Å². The smallest absolute Gasteiger partial charge is 0.227 e. The summed E-state index contributed by atoms with van der Waals surface area (Å²) >= 11 is 6.69. The van der Waals surface area contributed by atoms with Gasteiger partial charge in [-0.2, -0.15) is 0 Å². The van der Waals surface area contributed by atoms with Gasteiger partial charge in [-0.05, 0) is 43.4 Å². The molecule has 0 radical (unpaired) electrons. The second-order valence-corrected chi connectivity index (χ2v) is 10.9. The fraction of sp³-hybridized carbons (Fsp3) is 0.593. The minimum absolute atomic E-state index is 0.0274. The zero-order chi connectivity index (χ0) is 26.8. The zero-order valence-corrected chi connectivity index (χ0v) is 22.7. The highest BCUT2D eigenvalue weighted by molar-refractivity contribution is 6.31. The number of carbonyl (C=O) groups excluding carboxylic acids is 3. The summed E-state index contributed by atoms with van der Waals surface area (Å²) in [6.45, 7) is 1.72. The van der Waals surface area contributed by atoms with Crippen LogP contribution in [-0.4, -0.2) is 69.2 Å². The normalized spacial score (nSPS) is 23.3. The van der Waals surface area contributed by atoms with Crippen molar-refractivity contribution >= 4 is 29.3 Å². The maximum atomic E-state index is 14.2. The largest absolute Gasteiger partial charge is 0.487 e. The van der Waals surface area contributed by atoms with Gasteiger partial charge in [-0.3, -0.25) is 19.1 Å². The molecule has 1 saturated carbocycles. The van der Waals surface area contributed by atoms with E-state index in [2.05, 4.69) is 15.6 Å². The number of aryl methyl sites for hydroxylation is 1. The van der Waals surface area contributed by atoms with E-state index in [0.29, 0.717) is 61.8 Å². The predicted octanol–water partition coefficient (Wildman–Crippen LogP) is 2.65. The minimum Gasteiger partial charge on any atom is -0.487 e. The number of aromatic nitrogens is 3. The van der Waals surface area contributed by atoms with Crippen molar-refractivity contribution in [2.45, 2.75) is 57.6 Å². The van der Waals surface area contributed by atoms with Gasteiger partial charge < -0.3 is 19.9 Å². The van der Waals surface area contributed by atoms with Gasteiger partial charge in [0.1, 0.15) is 18.1 Å². The Kier molecular flexibility index (Phi) is 7.88. The van der Waals surface area contributed by atoms with E-state index in [1.165, 1.54) is 0 Å². The standard InChI is InChI=1S/C27H35ClN6O4/c1-29-26(36)18-6-3-4-7-19(18)27(37)34-13-11-20-21(28)9-10-23(38-16-17-14-32(2)31-30-17)25(20)22(34)15-33-12-5-8-24(33)35/h9-10,14,18-19,22H,3-8,11-13,15-16H2,1-2H3,(H,29,36)/t18?,19?,22-/m1/s1.